The number of hydrogen-bond donors (Lipinski definition) is 0. The highest BCUT2D eigenvalue weighted by molar-refractivity contribution is 5.19. The molecular formula is C11H16O. The van der Waals surface area contributed by atoms with Gasteiger partial charge in [0.1, 0.15) is 0 Å². The third-order valence-corrected chi connectivity index (χ3v) is 1.61. The Kier molecular flexibility index (Phi) is 3.19. The van der Waals surface area contributed by atoms with Crippen molar-refractivity contribution < 1.29 is 4.74 Å². The number of allylic oxidation sites excluding steroid dienone is 2. The number of rotatable bonds is 3. The summed E-state index contributed by atoms with van der Waals surface area (Å²) in [5.41, 5.74) is 3.11. The summed E-state index contributed by atoms with van der Waals surface area (Å²) in [5, 5.41) is 0. The molecule has 1 unspecified atom stereocenters. The minimum absolute atomic E-state index is 0.497. The second-order valence-corrected chi connectivity index (χ2v) is 3.60. The minimum atomic E-state index is 0.497. The highest BCUT2D eigenvalue weighted by atomic mass is 16.5. The van der Waals surface area contributed by atoms with Crippen LogP contribution in [0, 0.1) is 11.8 Å². The van der Waals surface area contributed by atoms with Gasteiger partial charge in [-0.3, -0.25) is 0 Å². The van der Waals surface area contributed by atoms with E-state index in [1.54, 1.807) is 0 Å². The van der Waals surface area contributed by atoms with E-state index in [1.165, 1.54) is 0 Å². The molecule has 66 valence electrons. The Bertz CT molecular complexity index is 229. The second kappa shape index (κ2) is 4.18. The first kappa shape index (κ1) is 9.15. The number of hydrogen-bond acceptors (Lipinski definition) is 1. The van der Waals surface area contributed by atoms with Gasteiger partial charge in [-0.1, -0.05) is 32.6 Å². The fourth-order valence-electron chi connectivity index (χ4n) is 0.903. The molecule has 0 aromatic rings. The quantitative estimate of drug-likeness (QED) is 0.583. The Morgan fingerprint density at radius 3 is 2.83 bits per heavy atom. The van der Waals surface area contributed by atoms with Crippen molar-refractivity contribution >= 4 is 0 Å². The Labute approximate surface area is 74.4 Å². The molecule has 0 amide bonds. The summed E-state index contributed by atoms with van der Waals surface area (Å²) >= 11 is 0. The normalized spacial score (nSPS) is 21.3. The van der Waals surface area contributed by atoms with Gasteiger partial charge in [-0.25, -0.2) is 0 Å². The average molecular weight is 164 g/mol. The van der Waals surface area contributed by atoms with Gasteiger partial charge in [-0.05, 0) is 18.1 Å². The van der Waals surface area contributed by atoms with Crippen LogP contribution >= 0.6 is 0 Å². The van der Waals surface area contributed by atoms with Gasteiger partial charge in [0, 0.05) is 5.92 Å². The molecule has 1 aliphatic rings. The summed E-state index contributed by atoms with van der Waals surface area (Å²) in [4.78, 5) is 0. The summed E-state index contributed by atoms with van der Waals surface area (Å²) in [7, 11) is 0. The lowest BCUT2D eigenvalue weighted by Gasteiger charge is -2.09. The SMILES string of the molecule is CC1C=C=C(OCC(C)C)C=C1. The summed E-state index contributed by atoms with van der Waals surface area (Å²) < 4.78 is 5.48. The predicted octanol–water partition coefficient (Wildman–Crippen LogP) is 2.90. The molecule has 0 heterocycles. The predicted molar refractivity (Wildman–Crippen MR) is 50.7 cm³/mol. The van der Waals surface area contributed by atoms with Crippen molar-refractivity contribution in [3.05, 3.63) is 29.7 Å². The summed E-state index contributed by atoms with van der Waals surface area (Å²) in [6.45, 7) is 7.18. The van der Waals surface area contributed by atoms with Crippen molar-refractivity contribution in [3.63, 3.8) is 0 Å². The first-order valence-corrected chi connectivity index (χ1v) is 4.46. The zero-order valence-electron chi connectivity index (χ0n) is 8.00. The van der Waals surface area contributed by atoms with Crippen LogP contribution in [-0.2, 0) is 4.74 Å². The lowest BCUT2D eigenvalue weighted by atomic mass is 10.1. The Balaban J connectivity index is 2.44. The Hall–Kier alpha value is -0.940. The maximum Gasteiger partial charge on any atom is 0.161 e. The molecule has 1 nitrogen and oxygen atoms in total. The molecule has 0 radical (unpaired) electrons. The fourth-order valence-corrected chi connectivity index (χ4v) is 0.903. The van der Waals surface area contributed by atoms with Crippen LogP contribution in [0.5, 0.6) is 0 Å². The van der Waals surface area contributed by atoms with E-state index in [0.29, 0.717) is 11.8 Å². The molecule has 1 rings (SSSR count). The summed E-state index contributed by atoms with van der Waals surface area (Å²) in [6.07, 6.45) is 6.13. The largest absolute Gasteiger partial charge is 0.486 e. The molecule has 1 heteroatoms. The first-order chi connectivity index (χ1) is 5.68. The summed E-state index contributed by atoms with van der Waals surface area (Å²) in [6, 6.07) is 0. The first-order valence-electron chi connectivity index (χ1n) is 4.46. The maximum atomic E-state index is 5.48. The maximum absolute atomic E-state index is 5.48. The molecule has 1 aliphatic carbocycles. The van der Waals surface area contributed by atoms with Crippen LogP contribution in [0.4, 0.5) is 0 Å². The molecule has 0 saturated heterocycles. The molecule has 0 aromatic carbocycles. The van der Waals surface area contributed by atoms with Gasteiger partial charge in [-0.2, -0.15) is 0 Å². The third-order valence-electron chi connectivity index (χ3n) is 1.61. The van der Waals surface area contributed by atoms with E-state index in [0.717, 1.165) is 12.4 Å². The van der Waals surface area contributed by atoms with Crippen LogP contribution in [0.25, 0.3) is 0 Å². The highest BCUT2D eigenvalue weighted by Gasteiger charge is 2.00. The monoisotopic (exact) mass is 164 g/mol. The van der Waals surface area contributed by atoms with Crippen LogP contribution < -0.4 is 0 Å². The summed E-state index contributed by atoms with van der Waals surface area (Å²) in [5.74, 6) is 1.94. The highest BCUT2D eigenvalue weighted by Crippen LogP contribution is 2.10. The molecule has 0 N–H and O–H groups in total. The van der Waals surface area contributed by atoms with Gasteiger partial charge in [0.2, 0.25) is 0 Å². The van der Waals surface area contributed by atoms with Gasteiger partial charge in [-0.15, -0.1) is 0 Å². The minimum Gasteiger partial charge on any atom is -0.486 e. The van der Waals surface area contributed by atoms with Crippen molar-refractivity contribution in [2.24, 2.45) is 11.8 Å². The fraction of sp³-hybridized carbons (Fsp3) is 0.545. The molecule has 0 saturated carbocycles. The zero-order valence-corrected chi connectivity index (χ0v) is 8.00. The van der Waals surface area contributed by atoms with Crippen molar-refractivity contribution in [3.8, 4) is 0 Å². The van der Waals surface area contributed by atoms with Crippen LogP contribution in [0.15, 0.2) is 29.7 Å². The van der Waals surface area contributed by atoms with E-state index < -0.39 is 0 Å². The molecule has 12 heavy (non-hydrogen) atoms. The van der Waals surface area contributed by atoms with E-state index in [4.69, 9.17) is 4.74 Å². The molecule has 0 fully saturated rings. The van der Waals surface area contributed by atoms with Gasteiger partial charge in [0.15, 0.2) is 5.76 Å². The van der Waals surface area contributed by atoms with E-state index in [1.807, 2.05) is 12.2 Å². The van der Waals surface area contributed by atoms with Gasteiger partial charge in [0.25, 0.3) is 0 Å². The van der Waals surface area contributed by atoms with Crippen molar-refractivity contribution in [2.45, 2.75) is 20.8 Å². The number of ether oxygens (including phenoxy) is 1. The van der Waals surface area contributed by atoms with Crippen molar-refractivity contribution in [1.29, 1.82) is 0 Å². The molecule has 0 aliphatic heterocycles. The molecular weight excluding hydrogens is 148 g/mol. The van der Waals surface area contributed by atoms with Crippen LogP contribution in [0.1, 0.15) is 20.8 Å². The van der Waals surface area contributed by atoms with E-state index in [-0.39, 0.29) is 0 Å². The lowest BCUT2D eigenvalue weighted by Crippen LogP contribution is -2.01. The van der Waals surface area contributed by atoms with Crippen molar-refractivity contribution in [2.75, 3.05) is 6.61 Å². The topological polar surface area (TPSA) is 9.23 Å². The van der Waals surface area contributed by atoms with Gasteiger partial charge < -0.3 is 4.74 Å². The van der Waals surface area contributed by atoms with Crippen LogP contribution in [0.3, 0.4) is 0 Å². The molecule has 0 aromatic heterocycles. The van der Waals surface area contributed by atoms with Gasteiger partial charge >= 0.3 is 0 Å². The Morgan fingerprint density at radius 2 is 2.33 bits per heavy atom. The lowest BCUT2D eigenvalue weighted by molar-refractivity contribution is 0.190. The standard InChI is InChI=1S/C11H16O/c1-9(2)8-12-11-6-4-10(3)5-7-11/h4-6,9-10H,8H2,1-3H3. The van der Waals surface area contributed by atoms with Crippen LogP contribution in [0.2, 0.25) is 0 Å². The van der Waals surface area contributed by atoms with Crippen LogP contribution in [-0.4, -0.2) is 6.61 Å². The van der Waals surface area contributed by atoms with Gasteiger partial charge in [0.05, 0.1) is 6.61 Å². The molecule has 1 atom stereocenters. The average Bonchev–Trinajstić information content (AvgIpc) is 2.03. The molecule has 0 spiro atoms. The van der Waals surface area contributed by atoms with E-state index in [2.05, 4.69) is 32.6 Å². The second-order valence-electron chi connectivity index (χ2n) is 3.60. The zero-order chi connectivity index (χ0) is 8.97. The van der Waals surface area contributed by atoms with E-state index >= 15 is 0 Å². The van der Waals surface area contributed by atoms with Crippen molar-refractivity contribution in [1.82, 2.24) is 0 Å². The molecule has 0 bridgehead atoms. The smallest absolute Gasteiger partial charge is 0.161 e. The van der Waals surface area contributed by atoms with E-state index in [9.17, 15) is 0 Å². The Morgan fingerprint density at radius 1 is 1.58 bits per heavy atom. The third kappa shape index (κ3) is 2.98.